The Morgan fingerprint density at radius 1 is 1.00 bits per heavy atom. The molecule has 104 valence electrons. The van der Waals surface area contributed by atoms with Gasteiger partial charge in [-0.2, -0.15) is 8.42 Å². The smallest absolute Gasteiger partial charge is 0.264 e. The van der Waals surface area contributed by atoms with Gasteiger partial charge in [-0.3, -0.25) is 4.18 Å². The fourth-order valence-electron chi connectivity index (χ4n) is 4.65. The van der Waals surface area contributed by atoms with E-state index in [1.54, 1.807) is 0 Å². The highest BCUT2D eigenvalue weighted by atomic mass is 32.2. The topological polar surface area (TPSA) is 52.6 Å². The maximum absolute atomic E-state index is 10.9. The van der Waals surface area contributed by atoms with E-state index >= 15 is 0 Å². The number of ether oxygens (including phenoxy) is 1. The van der Waals surface area contributed by atoms with Crippen molar-refractivity contribution in [2.45, 2.75) is 44.1 Å². The van der Waals surface area contributed by atoms with E-state index < -0.39 is 10.1 Å². The SMILES string of the molecule is CS(=O)(=O)OCCOC12CC3CC(CC(C3)C1)C2. The molecular weight excluding hydrogens is 252 g/mol. The quantitative estimate of drug-likeness (QED) is 0.568. The van der Waals surface area contributed by atoms with Gasteiger partial charge in [-0.15, -0.1) is 0 Å². The largest absolute Gasteiger partial charge is 0.373 e. The van der Waals surface area contributed by atoms with Crippen molar-refractivity contribution in [3.05, 3.63) is 0 Å². The summed E-state index contributed by atoms with van der Waals surface area (Å²) in [5.74, 6) is 2.56. The Bertz CT molecular complexity index is 379. The van der Waals surface area contributed by atoms with Crippen molar-refractivity contribution in [3.8, 4) is 0 Å². The first-order valence-corrected chi connectivity index (χ1v) is 8.74. The second-order valence-corrected chi connectivity index (χ2v) is 8.12. The fraction of sp³-hybridized carbons (Fsp3) is 1.00. The van der Waals surface area contributed by atoms with Gasteiger partial charge in [0.1, 0.15) is 0 Å². The molecule has 4 aliphatic rings. The van der Waals surface area contributed by atoms with Crippen LogP contribution in [-0.2, 0) is 19.0 Å². The first kappa shape index (κ1) is 12.9. The van der Waals surface area contributed by atoms with Crippen molar-refractivity contribution in [1.82, 2.24) is 0 Å². The van der Waals surface area contributed by atoms with Crippen LogP contribution in [0.3, 0.4) is 0 Å². The molecule has 4 nitrogen and oxygen atoms in total. The summed E-state index contributed by atoms with van der Waals surface area (Å²) in [7, 11) is -3.33. The molecule has 0 N–H and O–H groups in total. The van der Waals surface area contributed by atoms with Gasteiger partial charge in [0.15, 0.2) is 0 Å². The van der Waals surface area contributed by atoms with E-state index in [-0.39, 0.29) is 12.2 Å². The summed E-state index contributed by atoms with van der Waals surface area (Å²) in [6.45, 7) is 0.555. The van der Waals surface area contributed by atoms with Crippen LogP contribution in [0.1, 0.15) is 38.5 Å². The predicted molar refractivity (Wildman–Crippen MR) is 67.7 cm³/mol. The minimum Gasteiger partial charge on any atom is -0.373 e. The maximum atomic E-state index is 10.9. The third-order valence-electron chi connectivity index (χ3n) is 4.77. The van der Waals surface area contributed by atoms with Crippen molar-refractivity contribution < 1.29 is 17.3 Å². The number of hydrogen-bond donors (Lipinski definition) is 0. The van der Waals surface area contributed by atoms with Crippen LogP contribution < -0.4 is 0 Å². The van der Waals surface area contributed by atoms with Crippen LogP contribution >= 0.6 is 0 Å². The van der Waals surface area contributed by atoms with Crippen LogP contribution in [0.25, 0.3) is 0 Å². The van der Waals surface area contributed by atoms with Crippen LogP contribution in [0.4, 0.5) is 0 Å². The van der Waals surface area contributed by atoms with Gasteiger partial charge < -0.3 is 4.74 Å². The minimum absolute atomic E-state index is 0.0512. The second-order valence-electron chi connectivity index (χ2n) is 6.48. The number of rotatable bonds is 5. The highest BCUT2D eigenvalue weighted by Gasteiger charge is 2.51. The molecule has 0 atom stereocenters. The van der Waals surface area contributed by atoms with E-state index in [9.17, 15) is 8.42 Å². The Morgan fingerprint density at radius 3 is 1.94 bits per heavy atom. The summed E-state index contributed by atoms with van der Waals surface area (Å²) < 4.78 is 32.5. The van der Waals surface area contributed by atoms with Gasteiger partial charge in [0.25, 0.3) is 10.1 Å². The molecule has 0 spiro atoms. The lowest BCUT2D eigenvalue weighted by molar-refractivity contribution is -0.165. The molecule has 0 heterocycles. The Morgan fingerprint density at radius 2 is 1.50 bits per heavy atom. The zero-order valence-corrected chi connectivity index (χ0v) is 11.7. The lowest BCUT2D eigenvalue weighted by atomic mass is 9.54. The minimum atomic E-state index is -3.33. The Hall–Kier alpha value is -0.130. The molecule has 0 unspecified atom stereocenters. The number of hydrogen-bond acceptors (Lipinski definition) is 4. The van der Waals surface area contributed by atoms with Crippen molar-refractivity contribution in [2.75, 3.05) is 19.5 Å². The molecule has 4 aliphatic carbocycles. The van der Waals surface area contributed by atoms with E-state index in [4.69, 9.17) is 8.92 Å². The van der Waals surface area contributed by atoms with Gasteiger partial charge >= 0.3 is 0 Å². The standard InChI is InChI=1S/C13H22O4S/c1-18(14,15)17-3-2-16-13-7-10-4-11(8-13)6-12(5-10)9-13/h10-12H,2-9H2,1H3. The molecule has 18 heavy (non-hydrogen) atoms. The van der Waals surface area contributed by atoms with Crippen LogP contribution in [0.15, 0.2) is 0 Å². The summed E-state index contributed by atoms with van der Waals surface area (Å²) in [6.07, 6.45) is 8.79. The lowest BCUT2D eigenvalue weighted by Gasteiger charge is -2.56. The van der Waals surface area contributed by atoms with Crippen molar-refractivity contribution >= 4 is 10.1 Å². The molecule has 4 rings (SSSR count). The van der Waals surface area contributed by atoms with Crippen LogP contribution in [0.5, 0.6) is 0 Å². The first-order chi connectivity index (χ1) is 8.44. The highest BCUT2D eigenvalue weighted by Crippen LogP contribution is 2.57. The molecule has 0 aromatic heterocycles. The van der Waals surface area contributed by atoms with E-state index in [0.717, 1.165) is 24.0 Å². The van der Waals surface area contributed by atoms with Crippen LogP contribution in [-0.4, -0.2) is 33.5 Å². The Balaban J connectivity index is 1.53. The van der Waals surface area contributed by atoms with Crippen LogP contribution in [0, 0.1) is 17.8 Å². The zero-order chi connectivity index (χ0) is 12.8. The summed E-state index contributed by atoms with van der Waals surface area (Å²) in [5, 5.41) is 0. The average Bonchev–Trinajstić information content (AvgIpc) is 2.21. The molecule has 0 aliphatic heterocycles. The normalized spacial score (nSPS) is 42.4. The van der Waals surface area contributed by atoms with Crippen molar-refractivity contribution in [2.24, 2.45) is 17.8 Å². The van der Waals surface area contributed by atoms with Gasteiger partial charge in [-0.1, -0.05) is 0 Å². The average molecular weight is 274 g/mol. The molecule has 4 bridgehead atoms. The van der Waals surface area contributed by atoms with E-state index in [1.807, 2.05) is 0 Å². The lowest BCUT2D eigenvalue weighted by Crippen LogP contribution is -2.52. The van der Waals surface area contributed by atoms with Gasteiger partial charge in [-0.05, 0) is 56.3 Å². The van der Waals surface area contributed by atoms with E-state index in [0.29, 0.717) is 6.61 Å². The molecule has 0 aromatic rings. The molecule has 0 radical (unpaired) electrons. The summed E-state index contributed by atoms with van der Waals surface area (Å²) in [6, 6.07) is 0. The summed E-state index contributed by atoms with van der Waals surface area (Å²) in [5.41, 5.74) is 0.0512. The molecule has 0 amide bonds. The molecule has 0 saturated heterocycles. The first-order valence-electron chi connectivity index (χ1n) is 6.92. The molecular formula is C13H22O4S. The maximum Gasteiger partial charge on any atom is 0.264 e. The third-order valence-corrected chi connectivity index (χ3v) is 5.37. The zero-order valence-electron chi connectivity index (χ0n) is 10.9. The highest BCUT2D eigenvalue weighted by molar-refractivity contribution is 7.85. The Labute approximate surface area is 109 Å². The summed E-state index contributed by atoms with van der Waals surface area (Å²) >= 11 is 0. The van der Waals surface area contributed by atoms with Gasteiger partial charge in [0, 0.05) is 0 Å². The van der Waals surface area contributed by atoms with Crippen LogP contribution in [0.2, 0.25) is 0 Å². The fourth-order valence-corrected chi connectivity index (χ4v) is 5.02. The third kappa shape index (κ3) is 2.73. The van der Waals surface area contributed by atoms with Gasteiger partial charge in [0.2, 0.25) is 0 Å². The second kappa shape index (κ2) is 4.46. The molecule has 0 aromatic carbocycles. The van der Waals surface area contributed by atoms with E-state index in [1.165, 1.54) is 38.5 Å². The summed E-state index contributed by atoms with van der Waals surface area (Å²) in [4.78, 5) is 0. The Kier molecular flexibility index (Phi) is 3.19. The monoisotopic (exact) mass is 274 g/mol. The van der Waals surface area contributed by atoms with Crippen molar-refractivity contribution in [3.63, 3.8) is 0 Å². The van der Waals surface area contributed by atoms with Crippen molar-refractivity contribution in [1.29, 1.82) is 0 Å². The van der Waals surface area contributed by atoms with E-state index in [2.05, 4.69) is 0 Å². The molecule has 4 saturated carbocycles. The van der Waals surface area contributed by atoms with Gasteiger partial charge in [-0.25, -0.2) is 0 Å². The van der Waals surface area contributed by atoms with Gasteiger partial charge in [0.05, 0.1) is 25.1 Å². The molecule has 4 fully saturated rings. The predicted octanol–water partition coefficient (Wildman–Crippen LogP) is 1.95. The molecule has 5 heteroatoms.